The van der Waals surface area contributed by atoms with Crippen molar-refractivity contribution in [2.45, 2.75) is 31.7 Å². The number of hydrogen-bond donors (Lipinski definition) is 1. The summed E-state index contributed by atoms with van der Waals surface area (Å²) >= 11 is 0. The molecule has 2 unspecified atom stereocenters. The molecule has 2 bridgehead atoms. The minimum Gasteiger partial charge on any atom is -0.330 e. The Morgan fingerprint density at radius 3 is 2.82 bits per heavy atom. The Balaban J connectivity index is 1.78. The largest absolute Gasteiger partial charge is 0.330 e. The third kappa shape index (κ3) is 1.42. The molecule has 1 heterocycles. The van der Waals surface area contributed by atoms with Gasteiger partial charge in [-0.25, -0.2) is 0 Å². The Morgan fingerprint density at radius 1 is 1.36 bits per heavy atom. The van der Waals surface area contributed by atoms with E-state index in [0.29, 0.717) is 0 Å². The third-order valence-corrected chi connectivity index (χ3v) is 3.17. The molecule has 1 aliphatic heterocycles. The predicted octanol–water partition coefficient (Wildman–Crippen LogP) is 0.820. The highest BCUT2D eigenvalue weighted by atomic mass is 15.2. The zero-order valence-electron chi connectivity index (χ0n) is 7.13. The molecule has 2 N–H and O–H groups in total. The molecular weight excluding hydrogens is 136 g/mol. The molecule has 0 radical (unpaired) electrons. The average Bonchev–Trinajstić information content (AvgIpc) is 2.60. The van der Waals surface area contributed by atoms with Crippen LogP contribution < -0.4 is 5.73 Å². The summed E-state index contributed by atoms with van der Waals surface area (Å²) in [5.74, 6) is 1.04. The summed E-state index contributed by atoms with van der Waals surface area (Å²) in [5, 5.41) is 0. The molecule has 2 rings (SSSR count). The van der Waals surface area contributed by atoms with Crippen molar-refractivity contribution >= 4 is 0 Å². The summed E-state index contributed by atoms with van der Waals surface area (Å²) in [5.41, 5.74) is 5.48. The molecule has 11 heavy (non-hydrogen) atoms. The molecule has 0 aromatic rings. The second-order valence-electron chi connectivity index (χ2n) is 3.97. The van der Waals surface area contributed by atoms with Gasteiger partial charge in [-0.2, -0.15) is 0 Å². The van der Waals surface area contributed by atoms with Crippen molar-refractivity contribution in [3.63, 3.8) is 0 Å². The molecule has 1 aliphatic carbocycles. The minimum atomic E-state index is 0.855. The van der Waals surface area contributed by atoms with Crippen LogP contribution in [0.3, 0.4) is 0 Å². The second-order valence-corrected chi connectivity index (χ2v) is 3.97. The van der Waals surface area contributed by atoms with Gasteiger partial charge in [0, 0.05) is 12.6 Å². The first-order chi connectivity index (χ1) is 5.40. The van der Waals surface area contributed by atoms with E-state index in [0.717, 1.165) is 18.5 Å². The van der Waals surface area contributed by atoms with Gasteiger partial charge in [-0.3, -0.25) is 0 Å². The van der Waals surface area contributed by atoms with Crippen LogP contribution >= 0.6 is 0 Å². The first-order valence-electron chi connectivity index (χ1n) is 4.84. The van der Waals surface area contributed by atoms with Crippen molar-refractivity contribution in [2.24, 2.45) is 11.7 Å². The van der Waals surface area contributed by atoms with Gasteiger partial charge in [0.25, 0.3) is 0 Å². The maximum atomic E-state index is 5.48. The fraction of sp³-hybridized carbons (Fsp3) is 1.00. The van der Waals surface area contributed by atoms with Gasteiger partial charge in [-0.05, 0) is 44.7 Å². The third-order valence-electron chi connectivity index (χ3n) is 3.17. The molecule has 64 valence electrons. The van der Waals surface area contributed by atoms with Crippen molar-refractivity contribution in [2.75, 3.05) is 19.6 Å². The number of likely N-dealkylation sites (tertiary alicyclic amines) is 1. The number of nitrogens with zero attached hydrogens (tertiary/aromatic N) is 1. The van der Waals surface area contributed by atoms with E-state index in [2.05, 4.69) is 4.90 Å². The second kappa shape index (κ2) is 3.11. The van der Waals surface area contributed by atoms with Gasteiger partial charge >= 0.3 is 0 Å². The summed E-state index contributed by atoms with van der Waals surface area (Å²) in [7, 11) is 0. The molecule has 0 aromatic heterocycles. The van der Waals surface area contributed by atoms with Crippen LogP contribution in [0.25, 0.3) is 0 Å². The molecule has 1 saturated carbocycles. The summed E-state index contributed by atoms with van der Waals surface area (Å²) in [6.07, 6.45) is 5.60. The zero-order chi connectivity index (χ0) is 7.68. The average molecular weight is 154 g/mol. The highest BCUT2D eigenvalue weighted by Crippen LogP contribution is 2.36. The standard InChI is InChI=1S/C9H18N2/c10-4-1-5-11-7-8-2-3-9(11)6-8/h8-9H,1-7,10H2. The minimum absolute atomic E-state index is 0.855. The summed E-state index contributed by atoms with van der Waals surface area (Å²) in [4.78, 5) is 2.64. The van der Waals surface area contributed by atoms with E-state index in [4.69, 9.17) is 5.73 Å². The first-order valence-corrected chi connectivity index (χ1v) is 4.84. The van der Waals surface area contributed by atoms with Gasteiger partial charge in [-0.15, -0.1) is 0 Å². The lowest BCUT2D eigenvalue weighted by Crippen LogP contribution is -2.33. The van der Waals surface area contributed by atoms with Crippen molar-refractivity contribution in [3.8, 4) is 0 Å². The molecule has 0 spiro atoms. The van der Waals surface area contributed by atoms with Gasteiger partial charge in [0.1, 0.15) is 0 Å². The lowest BCUT2D eigenvalue weighted by Gasteiger charge is -2.26. The number of fused-ring (bicyclic) bond motifs is 2. The molecule has 1 saturated heterocycles. The van der Waals surface area contributed by atoms with Crippen molar-refractivity contribution in [1.82, 2.24) is 4.90 Å². The van der Waals surface area contributed by atoms with Crippen molar-refractivity contribution in [1.29, 1.82) is 0 Å². The Morgan fingerprint density at radius 2 is 2.27 bits per heavy atom. The van der Waals surface area contributed by atoms with E-state index in [1.165, 1.54) is 38.8 Å². The summed E-state index contributed by atoms with van der Waals surface area (Å²) in [6.45, 7) is 3.47. The van der Waals surface area contributed by atoms with Gasteiger partial charge in [0.15, 0.2) is 0 Å². The van der Waals surface area contributed by atoms with Crippen LogP contribution in [-0.4, -0.2) is 30.6 Å². The highest BCUT2D eigenvalue weighted by Gasteiger charge is 2.36. The summed E-state index contributed by atoms with van der Waals surface area (Å²) < 4.78 is 0. The fourth-order valence-electron chi connectivity index (χ4n) is 2.59. The molecule has 2 aliphatic rings. The molecule has 2 fully saturated rings. The molecular formula is C9H18N2. The Kier molecular flexibility index (Phi) is 2.14. The molecule has 2 heteroatoms. The number of piperidine rings is 1. The maximum Gasteiger partial charge on any atom is 0.00986 e. The smallest absolute Gasteiger partial charge is 0.00986 e. The number of rotatable bonds is 3. The quantitative estimate of drug-likeness (QED) is 0.652. The Labute approximate surface area is 68.7 Å². The van der Waals surface area contributed by atoms with Crippen molar-refractivity contribution in [3.05, 3.63) is 0 Å². The van der Waals surface area contributed by atoms with Crippen LogP contribution in [0.15, 0.2) is 0 Å². The topological polar surface area (TPSA) is 29.3 Å². The fourth-order valence-corrected chi connectivity index (χ4v) is 2.59. The predicted molar refractivity (Wildman–Crippen MR) is 46.4 cm³/mol. The van der Waals surface area contributed by atoms with Gasteiger partial charge in [0.2, 0.25) is 0 Å². The van der Waals surface area contributed by atoms with Crippen LogP contribution in [0.4, 0.5) is 0 Å². The number of hydrogen-bond acceptors (Lipinski definition) is 2. The van der Waals surface area contributed by atoms with Gasteiger partial charge in [0.05, 0.1) is 0 Å². The van der Waals surface area contributed by atoms with Crippen LogP contribution in [-0.2, 0) is 0 Å². The SMILES string of the molecule is NCCCN1CC2CCC1C2. The lowest BCUT2D eigenvalue weighted by atomic mass is 10.1. The Hall–Kier alpha value is -0.0800. The molecule has 2 atom stereocenters. The van der Waals surface area contributed by atoms with Gasteiger partial charge in [-0.1, -0.05) is 0 Å². The van der Waals surface area contributed by atoms with E-state index in [9.17, 15) is 0 Å². The van der Waals surface area contributed by atoms with Crippen LogP contribution in [0, 0.1) is 5.92 Å². The molecule has 0 amide bonds. The van der Waals surface area contributed by atoms with Crippen LogP contribution in [0.1, 0.15) is 25.7 Å². The highest BCUT2D eigenvalue weighted by molar-refractivity contribution is 4.91. The van der Waals surface area contributed by atoms with Crippen LogP contribution in [0.2, 0.25) is 0 Å². The maximum absolute atomic E-state index is 5.48. The van der Waals surface area contributed by atoms with E-state index in [1.807, 2.05) is 0 Å². The molecule has 0 aromatic carbocycles. The normalized spacial score (nSPS) is 36.8. The van der Waals surface area contributed by atoms with Crippen molar-refractivity contribution < 1.29 is 0 Å². The first kappa shape index (κ1) is 7.56. The summed E-state index contributed by atoms with van der Waals surface area (Å²) in [6, 6.07) is 0.937. The van der Waals surface area contributed by atoms with E-state index in [1.54, 1.807) is 0 Å². The zero-order valence-corrected chi connectivity index (χ0v) is 7.13. The van der Waals surface area contributed by atoms with Gasteiger partial charge < -0.3 is 10.6 Å². The number of nitrogens with two attached hydrogens (primary N) is 1. The van der Waals surface area contributed by atoms with Crippen LogP contribution in [0.5, 0.6) is 0 Å². The van der Waals surface area contributed by atoms with E-state index < -0.39 is 0 Å². The van der Waals surface area contributed by atoms with E-state index >= 15 is 0 Å². The van der Waals surface area contributed by atoms with E-state index in [-0.39, 0.29) is 0 Å². The molecule has 2 nitrogen and oxygen atoms in total. The Bertz CT molecular complexity index is 136. The lowest BCUT2D eigenvalue weighted by molar-refractivity contribution is 0.212. The monoisotopic (exact) mass is 154 g/mol.